The molecule has 1 aromatic heterocycles. The molecule has 0 atom stereocenters. The van der Waals surface area contributed by atoms with Crippen LogP contribution < -0.4 is 0 Å². The summed E-state index contributed by atoms with van der Waals surface area (Å²) < 4.78 is 55.3. The van der Waals surface area contributed by atoms with E-state index in [4.69, 9.17) is 11.6 Å². The van der Waals surface area contributed by atoms with Crippen molar-refractivity contribution in [3.05, 3.63) is 94.4 Å². The Hall–Kier alpha value is -3.32. The SMILES string of the molecule is O=C(O)c1c(-c2ccccc2F)c2cc(Cl)ccc2n1Cc1cccc(C(F)(F)F)c1. The standard InChI is InChI=1S/C23H14ClF4NO2/c24-15-8-9-19-17(11-15)20(16-6-1-2-7-18(16)25)21(22(30)31)29(19)12-13-4-3-5-14(10-13)23(26,27)28/h1-11H,12H2,(H,30,31). The van der Waals surface area contributed by atoms with E-state index in [1.165, 1.54) is 41.0 Å². The molecule has 4 rings (SSSR count). The minimum absolute atomic E-state index is 0.0648. The van der Waals surface area contributed by atoms with E-state index >= 15 is 0 Å². The fourth-order valence-corrected chi connectivity index (χ4v) is 3.85. The highest BCUT2D eigenvalue weighted by atomic mass is 35.5. The van der Waals surface area contributed by atoms with Crippen molar-refractivity contribution in [1.29, 1.82) is 0 Å². The summed E-state index contributed by atoms with van der Waals surface area (Å²) in [5.74, 6) is -1.96. The molecular formula is C23H14ClF4NO2. The molecule has 8 heteroatoms. The smallest absolute Gasteiger partial charge is 0.416 e. The number of hydrogen-bond donors (Lipinski definition) is 1. The first-order valence-electron chi connectivity index (χ1n) is 9.13. The third-order valence-electron chi connectivity index (χ3n) is 4.97. The van der Waals surface area contributed by atoms with Crippen molar-refractivity contribution in [3.8, 4) is 11.1 Å². The number of halogens is 5. The van der Waals surface area contributed by atoms with E-state index in [-0.39, 0.29) is 28.9 Å². The number of aromatic carboxylic acids is 1. The van der Waals surface area contributed by atoms with Gasteiger partial charge in [-0.05, 0) is 42.0 Å². The van der Waals surface area contributed by atoms with E-state index in [1.807, 2.05) is 0 Å². The molecule has 1 N–H and O–H groups in total. The Morgan fingerprint density at radius 2 is 1.74 bits per heavy atom. The monoisotopic (exact) mass is 447 g/mol. The normalized spacial score (nSPS) is 11.8. The second-order valence-corrected chi connectivity index (χ2v) is 7.39. The lowest BCUT2D eigenvalue weighted by Gasteiger charge is -2.12. The highest BCUT2D eigenvalue weighted by molar-refractivity contribution is 6.31. The van der Waals surface area contributed by atoms with E-state index in [1.54, 1.807) is 18.2 Å². The number of carbonyl (C=O) groups is 1. The number of hydrogen-bond acceptors (Lipinski definition) is 1. The van der Waals surface area contributed by atoms with Crippen LogP contribution in [0.1, 0.15) is 21.6 Å². The molecule has 0 saturated heterocycles. The highest BCUT2D eigenvalue weighted by Gasteiger charge is 2.31. The van der Waals surface area contributed by atoms with Gasteiger partial charge in [-0.25, -0.2) is 9.18 Å². The van der Waals surface area contributed by atoms with Crippen LogP contribution >= 0.6 is 11.6 Å². The molecule has 4 aromatic rings. The van der Waals surface area contributed by atoms with Crippen LogP contribution in [0.2, 0.25) is 5.02 Å². The number of nitrogens with zero attached hydrogens (tertiary/aromatic N) is 1. The average Bonchev–Trinajstić information content (AvgIpc) is 3.01. The lowest BCUT2D eigenvalue weighted by molar-refractivity contribution is -0.137. The maximum Gasteiger partial charge on any atom is 0.416 e. The largest absolute Gasteiger partial charge is 0.477 e. The average molecular weight is 448 g/mol. The van der Waals surface area contributed by atoms with Crippen LogP contribution in [0.5, 0.6) is 0 Å². The molecule has 0 amide bonds. The van der Waals surface area contributed by atoms with Crippen LogP contribution in [0.25, 0.3) is 22.0 Å². The van der Waals surface area contributed by atoms with Gasteiger partial charge in [-0.3, -0.25) is 0 Å². The van der Waals surface area contributed by atoms with Gasteiger partial charge in [-0.1, -0.05) is 41.9 Å². The Labute approximate surface area is 179 Å². The molecule has 0 aliphatic heterocycles. The van der Waals surface area contributed by atoms with Crippen molar-refractivity contribution in [1.82, 2.24) is 4.57 Å². The van der Waals surface area contributed by atoms with Gasteiger partial charge in [0.2, 0.25) is 0 Å². The van der Waals surface area contributed by atoms with Crippen LogP contribution in [-0.2, 0) is 12.7 Å². The summed E-state index contributed by atoms with van der Waals surface area (Å²) in [6.07, 6.45) is -4.53. The Bertz CT molecular complexity index is 1310. The number of fused-ring (bicyclic) bond motifs is 1. The van der Waals surface area contributed by atoms with Crippen molar-refractivity contribution in [2.24, 2.45) is 0 Å². The van der Waals surface area contributed by atoms with Crippen molar-refractivity contribution in [3.63, 3.8) is 0 Å². The molecule has 0 fully saturated rings. The van der Waals surface area contributed by atoms with Crippen LogP contribution in [0.4, 0.5) is 17.6 Å². The number of carboxylic acids is 1. The van der Waals surface area contributed by atoms with E-state index < -0.39 is 23.5 Å². The maximum atomic E-state index is 14.6. The number of benzene rings is 3. The van der Waals surface area contributed by atoms with Crippen molar-refractivity contribution in [2.75, 3.05) is 0 Å². The fraction of sp³-hybridized carbons (Fsp3) is 0.0870. The first-order chi connectivity index (χ1) is 14.7. The zero-order chi connectivity index (χ0) is 22.3. The predicted molar refractivity (Wildman–Crippen MR) is 110 cm³/mol. The van der Waals surface area contributed by atoms with Crippen molar-refractivity contribution in [2.45, 2.75) is 12.7 Å². The topological polar surface area (TPSA) is 42.2 Å². The molecule has 0 radical (unpaired) electrons. The Kier molecular flexibility index (Phi) is 5.23. The van der Waals surface area contributed by atoms with Gasteiger partial charge in [-0.2, -0.15) is 13.2 Å². The maximum absolute atomic E-state index is 14.6. The third-order valence-corrected chi connectivity index (χ3v) is 5.20. The minimum atomic E-state index is -4.53. The molecular weight excluding hydrogens is 434 g/mol. The quantitative estimate of drug-likeness (QED) is 0.347. The zero-order valence-corrected chi connectivity index (χ0v) is 16.5. The Morgan fingerprint density at radius 3 is 2.42 bits per heavy atom. The van der Waals surface area contributed by atoms with Gasteiger partial charge in [-0.15, -0.1) is 0 Å². The first kappa shape index (κ1) is 20.9. The highest BCUT2D eigenvalue weighted by Crippen LogP contribution is 2.38. The summed E-state index contributed by atoms with van der Waals surface area (Å²) in [5.41, 5.74) is -0.220. The molecule has 0 aliphatic carbocycles. The zero-order valence-electron chi connectivity index (χ0n) is 15.8. The van der Waals surface area contributed by atoms with Crippen LogP contribution in [0.3, 0.4) is 0 Å². The molecule has 3 nitrogen and oxygen atoms in total. The van der Waals surface area contributed by atoms with Gasteiger partial charge >= 0.3 is 12.1 Å². The molecule has 3 aromatic carbocycles. The third kappa shape index (κ3) is 3.88. The van der Waals surface area contributed by atoms with Gasteiger partial charge in [0.15, 0.2) is 0 Å². The first-order valence-corrected chi connectivity index (χ1v) is 9.50. The summed E-state index contributed by atoms with van der Waals surface area (Å²) in [4.78, 5) is 12.2. The Balaban J connectivity index is 2.00. The molecule has 31 heavy (non-hydrogen) atoms. The van der Waals surface area contributed by atoms with E-state index in [0.29, 0.717) is 15.9 Å². The molecule has 0 spiro atoms. The van der Waals surface area contributed by atoms with Gasteiger partial charge in [0.05, 0.1) is 5.56 Å². The lowest BCUT2D eigenvalue weighted by atomic mass is 10.0. The van der Waals surface area contributed by atoms with Crippen molar-refractivity contribution < 1.29 is 27.5 Å². The summed E-state index contributed by atoms with van der Waals surface area (Å²) in [5, 5.41) is 10.7. The molecule has 0 saturated carbocycles. The second-order valence-electron chi connectivity index (χ2n) is 6.95. The van der Waals surface area contributed by atoms with Crippen molar-refractivity contribution >= 4 is 28.5 Å². The minimum Gasteiger partial charge on any atom is -0.477 e. The molecule has 158 valence electrons. The predicted octanol–water partition coefficient (Wildman–Crippen LogP) is 6.87. The number of aromatic nitrogens is 1. The molecule has 1 heterocycles. The second kappa shape index (κ2) is 7.74. The number of alkyl halides is 3. The van der Waals surface area contributed by atoms with Gasteiger partial charge in [0.1, 0.15) is 11.5 Å². The Morgan fingerprint density at radius 1 is 1.00 bits per heavy atom. The van der Waals surface area contributed by atoms with Gasteiger partial charge in [0, 0.05) is 33.6 Å². The van der Waals surface area contributed by atoms with E-state index in [2.05, 4.69) is 0 Å². The number of rotatable bonds is 4. The molecule has 0 bridgehead atoms. The van der Waals surface area contributed by atoms with Crippen LogP contribution in [-0.4, -0.2) is 15.6 Å². The molecule has 0 unspecified atom stereocenters. The van der Waals surface area contributed by atoms with Gasteiger partial charge in [0.25, 0.3) is 0 Å². The summed E-state index contributed by atoms with van der Waals surface area (Å²) >= 11 is 6.11. The fourth-order valence-electron chi connectivity index (χ4n) is 3.68. The van der Waals surface area contributed by atoms with Crippen LogP contribution in [0.15, 0.2) is 66.7 Å². The summed E-state index contributed by atoms with van der Waals surface area (Å²) in [6, 6.07) is 15.0. The lowest BCUT2D eigenvalue weighted by Crippen LogP contribution is -2.12. The van der Waals surface area contributed by atoms with E-state index in [0.717, 1.165) is 12.1 Å². The summed E-state index contributed by atoms with van der Waals surface area (Å²) in [6.45, 7) is -0.155. The van der Waals surface area contributed by atoms with E-state index in [9.17, 15) is 27.5 Å². The number of carboxylic acid groups (broad SMARTS) is 1. The van der Waals surface area contributed by atoms with Gasteiger partial charge < -0.3 is 9.67 Å². The van der Waals surface area contributed by atoms with Crippen LogP contribution in [0, 0.1) is 5.82 Å². The summed E-state index contributed by atoms with van der Waals surface area (Å²) in [7, 11) is 0. The molecule has 0 aliphatic rings.